The summed E-state index contributed by atoms with van der Waals surface area (Å²) >= 11 is 0. The number of hydrogen-bond acceptors (Lipinski definition) is 6. The number of fused-ring (bicyclic) bond motifs is 1. The third-order valence-electron chi connectivity index (χ3n) is 5.25. The minimum absolute atomic E-state index is 0.0546. The zero-order valence-electron chi connectivity index (χ0n) is 16.5. The molecule has 2 aliphatic heterocycles. The average Bonchev–Trinajstić information content (AvgIpc) is 3.32. The van der Waals surface area contributed by atoms with Gasteiger partial charge in [-0.3, -0.25) is 4.79 Å². The number of carbonyl (C=O) groups is 1. The molecular weight excluding hydrogens is 354 g/mol. The van der Waals surface area contributed by atoms with Gasteiger partial charge in [0.25, 0.3) is 5.91 Å². The number of benzene rings is 1. The Morgan fingerprint density at radius 3 is 2.96 bits per heavy atom. The SMILES string of the molecule is CC(=Nc1c(C)ncnc1N1CCc2cc(C)ccc21)C(=O)NC1CCOC1. The van der Waals surface area contributed by atoms with Crippen LogP contribution in [0.1, 0.15) is 30.2 Å². The van der Waals surface area contributed by atoms with Crippen molar-refractivity contribution < 1.29 is 9.53 Å². The third-order valence-corrected chi connectivity index (χ3v) is 5.25. The summed E-state index contributed by atoms with van der Waals surface area (Å²) in [6.07, 6.45) is 3.35. The number of amides is 1. The van der Waals surface area contributed by atoms with Crippen LogP contribution in [-0.4, -0.2) is 47.4 Å². The maximum Gasteiger partial charge on any atom is 0.265 e. The highest BCUT2D eigenvalue weighted by atomic mass is 16.5. The lowest BCUT2D eigenvalue weighted by molar-refractivity contribution is -0.115. The van der Waals surface area contributed by atoms with E-state index < -0.39 is 0 Å². The quantitative estimate of drug-likeness (QED) is 0.827. The molecule has 1 aromatic carbocycles. The summed E-state index contributed by atoms with van der Waals surface area (Å²) in [5.41, 5.74) is 5.50. The summed E-state index contributed by atoms with van der Waals surface area (Å²) in [5, 5.41) is 2.98. The molecule has 1 unspecified atom stereocenters. The van der Waals surface area contributed by atoms with Crippen LogP contribution >= 0.6 is 0 Å². The monoisotopic (exact) mass is 379 g/mol. The van der Waals surface area contributed by atoms with E-state index in [9.17, 15) is 4.79 Å². The maximum atomic E-state index is 12.5. The molecule has 2 aromatic rings. The Bertz CT molecular complexity index is 934. The Hall–Kier alpha value is -2.80. The van der Waals surface area contributed by atoms with Gasteiger partial charge in [0, 0.05) is 18.8 Å². The van der Waals surface area contributed by atoms with E-state index in [1.807, 2.05) is 6.92 Å². The number of aromatic nitrogens is 2. The first kappa shape index (κ1) is 18.6. The van der Waals surface area contributed by atoms with Gasteiger partial charge in [0.1, 0.15) is 17.7 Å². The van der Waals surface area contributed by atoms with Crippen LogP contribution in [0.5, 0.6) is 0 Å². The lowest BCUT2D eigenvalue weighted by Crippen LogP contribution is -2.38. The van der Waals surface area contributed by atoms with Crippen molar-refractivity contribution in [2.75, 3.05) is 24.7 Å². The summed E-state index contributed by atoms with van der Waals surface area (Å²) in [4.78, 5) is 28.1. The van der Waals surface area contributed by atoms with Crippen molar-refractivity contribution in [1.82, 2.24) is 15.3 Å². The van der Waals surface area contributed by atoms with Crippen LogP contribution < -0.4 is 10.2 Å². The molecule has 7 nitrogen and oxygen atoms in total. The van der Waals surface area contributed by atoms with E-state index in [0.29, 0.717) is 24.6 Å². The molecule has 1 saturated heterocycles. The minimum Gasteiger partial charge on any atom is -0.379 e. The summed E-state index contributed by atoms with van der Waals surface area (Å²) in [5.74, 6) is 0.564. The van der Waals surface area contributed by atoms with Crippen molar-refractivity contribution in [2.45, 2.75) is 39.7 Å². The molecule has 1 amide bonds. The average molecular weight is 379 g/mol. The molecule has 0 radical (unpaired) electrons. The third kappa shape index (κ3) is 3.62. The molecule has 28 heavy (non-hydrogen) atoms. The molecule has 1 fully saturated rings. The predicted octanol–water partition coefficient (Wildman–Crippen LogP) is 2.79. The topological polar surface area (TPSA) is 79.7 Å². The first-order valence-electron chi connectivity index (χ1n) is 9.65. The molecular formula is C21H25N5O2. The number of anilines is 2. The molecule has 2 aliphatic rings. The smallest absolute Gasteiger partial charge is 0.265 e. The summed E-state index contributed by atoms with van der Waals surface area (Å²) in [6, 6.07) is 6.51. The zero-order valence-corrected chi connectivity index (χ0v) is 16.5. The molecule has 0 aliphatic carbocycles. The predicted molar refractivity (Wildman–Crippen MR) is 109 cm³/mol. The number of hydrogen-bond donors (Lipinski definition) is 1. The van der Waals surface area contributed by atoms with Gasteiger partial charge >= 0.3 is 0 Å². The Labute approximate surface area is 164 Å². The summed E-state index contributed by atoms with van der Waals surface area (Å²) in [7, 11) is 0. The summed E-state index contributed by atoms with van der Waals surface area (Å²) < 4.78 is 5.32. The molecule has 1 N–H and O–H groups in total. The molecule has 4 rings (SSSR count). The van der Waals surface area contributed by atoms with Crippen molar-refractivity contribution >= 4 is 28.8 Å². The fourth-order valence-electron chi connectivity index (χ4n) is 3.69. The maximum absolute atomic E-state index is 12.5. The first-order valence-corrected chi connectivity index (χ1v) is 9.65. The second-order valence-electron chi connectivity index (χ2n) is 7.40. The fraction of sp³-hybridized carbons (Fsp3) is 0.429. The van der Waals surface area contributed by atoms with Crippen LogP contribution in [0, 0.1) is 13.8 Å². The van der Waals surface area contributed by atoms with E-state index in [-0.39, 0.29) is 11.9 Å². The van der Waals surface area contributed by atoms with E-state index in [1.54, 1.807) is 13.3 Å². The van der Waals surface area contributed by atoms with Crippen molar-refractivity contribution in [2.24, 2.45) is 4.99 Å². The Balaban J connectivity index is 1.65. The molecule has 0 bridgehead atoms. The van der Waals surface area contributed by atoms with Gasteiger partial charge in [0.05, 0.1) is 18.3 Å². The molecule has 7 heteroatoms. The van der Waals surface area contributed by atoms with Gasteiger partial charge in [-0.1, -0.05) is 17.7 Å². The number of nitrogens with zero attached hydrogens (tertiary/aromatic N) is 4. The van der Waals surface area contributed by atoms with Gasteiger partial charge in [-0.05, 0) is 45.2 Å². The lowest BCUT2D eigenvalue weighted by atomic mass is 10.1. The van der Waals surface area contributed by atoms with E-state index in [1.165, 1.54) is 11.1 Å². The van der Waals surface area contributed by atoms with Gasteiger partial charge in [0.15, 0.2) is 5.82 Å². The van der Waals surface area contributed by atoms with E-state index in [2.05, 4.69) is 50.3 Å². The normalized spacial score (nSPS) is 19.0. The van der Waals surface area contributed by atoms with Gasteiger partial charge in [-0.2, -0.15) is 0 Å². The number of ether oxygens (including phenoxy) is 1. The fourth-order valence-corrected chi connectivity index (χ4v) is 3.69. The Morgan fingerprint density at radius 1 is 1.32 bits per heavy atom. The van der Waals surface area contributed by atoms with Crippen molar-refractivity contribution in [1.29, 1.82) is 0 Å². The van der Waals surface area contributed by atoms with Crippen LogP contribution in [0.25, 0.3) is 0 Å². The van der Waals surface area contributed by atoms with Gasteiger partial charge < -0.3 is 15.0 Å². The van der Waals surface area contributed by atoms with Crippen LogP contribution in [0.4, 0.5) is 17.2 Å². The number of aliphatic imine (C=N–C) groups is 1. The highest BCUT2D eigenvalue weighted by molar-refractivity contribution is 6.38. The van der Waals surface area contributed by atoms with Crippen molar-refractivity contribution in [3.63, 3.8) is 0 Å². The number of carbonyl (C=O) groups excluding carboxylic acids is 1. The standard InChI is InChI=1S/C21H25N5O2/c1-13-4-5-18-16(10-13)6-8-26(18)20-19(14(2)22-12-23-20)24-15(3)21(27)25-17-7-9-28-11-17/h4-5,10,12,17H,6-9,11H2,1-3H3,(H,25,27). The highest BCUT2D eigenvalue weighted by Gasteiger charge is 2.25. The highest BCUT2D eigenvalue weighted by Crippen LogP contribution is 2.39. The Kier molecular flexibility index (Phi) is 5.09. The van der Waals surface area contributed by atoms with Gasteiger partial charge in [-0.15, -0.1) is 0 Å². The molecule has 146 valence electrons. The van der Waals surface area contributed by atoms with Gasteiger partial charge in [0.2, 0.25) is 0 Å². The van der Waals surface area contributed by atoms with Crippen LogP contribution in [-0.2, 0) is 16.0 Å². The zero-order chi connectivity index (χ0) is 19.7. The minimum atomic E-state index is -0.179. The van der Waals surface area contributed by atoms with Crippen LogP contribution in [0.2, 0.25) is 0 Å². The number of aryl methyl sites for hydroxylation is 2. The number of nitrogens with one attached hydrogen (secondary N) is 1. The van der Waals surface area contributed by atoms with Crippen molar-refractivity contribution in [3.8, 4) is 0 Å². The lowest BCUT2D eigenvalue weighted by Gasteiger charge is -2.21. The van der Waals surface area contributed by atoms with E-state index in [0.717, 1.165) is 36.6 Å². The molecule has 0 spiro atoms. The van der Waals surface area contributed by atoms with Crippen molar-refractivity contribution in [3.05, 3.63) is 41.3 Å². The molecule has 1 atom stereocenters. The van der Waals surface area contributed by atoms with Crippen LogP contribution in [0.15, 0.2) is 29.5 Å². The second-order valence-corrected chi connectivity index (χ2v) is 7.40. The first-order chi connectivity index (χ1) is 13.5. The van der Waals surface area contributed by atoms with Gasteiger partial charge in [-0.25, -0.2) is 15.0 Å². The van der Waals surface area contributed by atoms with Crippen LogP contribution in [0.3, 0.4) is 0 Å². The molecule has 3 heterocycles. The second kappa shape index (κ2) is 7.67. The van der Waals surface area contributed by atoms with E-state index in [4.69, 9.17) is 4.74 Å². The number of rotatable bonds is 4. The van der Waals surface area contributed by atoms with E-state index >= 15 is 0 Å². The molecule has 1 aromatic heterocycles. The summed E-state index contributed by atoms with van der Waals surface area (Å²) in [6.45, 7) is 7.80. The largest absolute Gasteiger partial charge is 0.379 e. The molecule has 0 saturated carbocycles. The Morgan fingerprint density at radius 2 is 2.18 bits per heavy atom.